The molecule has 3 aromatic carbocycles. The number of benzene rings is 3. The number of nitrogens with zero attached hydrogens (tertiary/aromatic N) is 1. The van der Waals surface area contributed by atoms with Gasteiger partial charge in [-0.2, -0.15) is 5.10 Å². The molecule has 160 valence electrons. The molecular formula is C22H20BrN3O4S. The number of ether oxygens (including phenoxy) is 1. The van der Waals surface area contributed by atoms with E-state index in [4.69, 9.17) is 4.74 Å². The molecule has 0 aliphatic rings. The fourth-order valence-electron chi connectivity index (χ4n) is 2.51. The number of rotatable bonds is 9. The number of carbonyl (C=O) groups excluding carboxylic acids is 1. The number of nitrogens with one attached hydrogen (secondary N) is 2. The molecule has 0 bridgehead atoms. The van der Waals surface area contributed by atoms with Crippen LogP contribution in [0.3, 0.4) is 0 Å². The number of sulfonamides is 1. The first-order valence-electron chi connectivity index (χ1n) is 9.27. The summed E-state index contributed by atoms with van der Waals surface area (Å²) in [6, 6.07) is 23.0. The number of hydrogen-bond donors (Lipinski definition) is 2. The minimum atomic E-state index is -3.76. The van der Waals surface area contributed by atoms with Crippen molar-refractivity contribution in [3.05, 3.63) is 94.5 Å². The summed E-state index contributed by atoms with van der Waals surface area (Å²) in [4.78, 5) is 12.0. The number of halogens is 1. The van der Waals surface area contributed by atoms with E-state index in [1.54, 1.807) is 24.3 Å². The second kappa shape index (κ2) is 10.9. The molecule has 0 heterocycles. The SMILES string of the molecule is O=C(CNS(=O)(=O)c1ccccc1)N/N=C/c1cc(OCc2ccccc2)ccc1Br. The monoisotopic (exact) mass is 501 g/mol. The van der Waals surface area contributed by atoms with Gasteiger partial charge in [-0.1, -0.05) is 64.5 Å². The van der Waals surface area contributed by atoms with Crippen molar-refractivity contribution in [2.24, 2.45) is 5.10 Å². The third kappa shape index (κ3) is 7.02. The molecule has 0 atom stereocenters. The van der Waals surface area contributed by atoms with Crippen LogP contribution < -0.4 is 14.9 Å². The van der Waals surface area contributed by atoms with Crippen molar-refractivity contribution in [2.45, 2.75) is 11.5 Å². The molecule has 31 heavy (non-hydrogen) atoms. The third-order valence-electron chi connectivity index (χ3n) is 4.08. The largest absolute Gasteiger partial charge is 0.489 e. The normalized spacial score (nSPS) is 11.4. The molecular weight excluding hydrogens is 482 g/mol. The average molecular weight is 502 g/mol. The Bertz CT molecular complexity index is 1150. The fourth-order valence-corrected chi connectivity index (χ4v) is 3.86. The molecule has 3 aromatic rings. The molecule has 0 saturated carbocycles. The molecule has 0 aromatic heterocycles. The van der Waals surface area contributed by atoms with Gasteiger partial charge in [0.1, 0.15) is 12.4 Å². The standard InChI is InChI=1S/C22H20BrN3O4S/c23-21-12-11-19(30-16-17-7-3-1-4-8-17)13-18(21)14-24-26-22(27)15-25-31(28,29)20-9-5-2-6-10-20/h1-14,25H,15-16H2,(H,26,27)/b24-14+. The van der Waals surface area contributed by atoms with Crippen LogP contribution in [0.5, 0.6) is 5.75 Å². The summed E-state index contributed by atoms with van der Waals surface area (Å²) in [5.74, 6) is 0.0545. The molecule has 0 fully saturated rings. The summed E-state index contributed by atoms with van der Waals surface area (Å²) in [6.45, 7) is -0.00663. The van der Waals surface area contributed by atoms with Gasteiger partial charge in [0.05, 0.1) is 17.7 Å². The molecule has 7 nitrogen and oxygen atoms in total. The van der Waals surface area contributed by atoms with Crippen molar-refractivity contribution < 1.29 is 17.9 Å². The second-order valence-corrected chi connectivity index (χ2v) is 9.01. The van der Waals surface area contributed by atoms with Crippen molar-refractivity contribution in [3.63, 3.8) is 0 Å². The second-order valence-electron chi connectivity index (χ2n) is 6.39. The third-order valence-corrected chi connectivity index (χ3v) is 6.22. The Labute approximate surface area is 189 Å². The van der Waals surface area contributed by atoms with Crippen LogP contribution >= 0.6 is 15.9 Å². The Balaban J connectivity index is 1.53. The number of hydrazone groups is 1. The maximum atomic E-state index is 12.1. The Kier molecular flexibility index (Phi) is 7.94. The van der Waals surface area contributed by atoms with Crippen LogP contribution in [0.4, 0.5) is 0 Å². The predicted octanol–water partition coefficient (Wildman–Crippen LogP) is 3.46. The molecule has 9 heteroatoms. The van der Waals surface area contributed by atoms with Gasteiger partial charge in [0.2, 0.25) is 10.0 Å². The van der Waals surface area contributed by atoms with E-state index < -0.39 is 22.5 Å². The van der Waals surface area contributed by atoms with E-state index in [2.05, 4.69) is 31.2 Å². The minimum absolute atomic E-state index is 0.0857. The zero-order valence-electron chi connectivity index (χ0n) is 16.4. The summed E-state index contributed by atoms with van der Waals surface area (Å²) in [5, 5.41) is 3.89. The topological polar surface area (TPSA) is 96.9 Å². The van der Waals surface area contributed by atoms with Crippen molar-refractivity contribution >= 4 is 38.1 Å². The van der Waals surface area contributed by atoms with Gasteiger partial charge >= 0.3 is 0 Å². The Morgan fingerprint density at radius 1 is 1.00 bits per heavy atom. The van der Waals surface area contributed by atoms with Crippen molar-refractivity contribution in [1.82, 2.24) is 10.1 Å². The molecule has 0 saturated heterocycles. The van der Waals surface area contributed by atoms with Gasteiger partial charge in [0.15, 0.2) is 0 Å². The number of hydrogen-bond acceptors (Lipinski definition) is 5. The van der Waals surface area contributed by atoms with Crippen molar-refractivity contribution in [3.8, 4) is 5.75 Å². The van der Waals surface area contributed by atoms with E-state index in [-0.39, 0.29) is 4.90 Å². The van der Waals surface area contributed by atoms with Gasteiger partial charge in [0, 0.05) is 10.0 Å². The number of carbonyl (C=O) groups is 1. The lowest BCUT2D eigenvalue weighted by Gasteiger charge is -2.08. The lowest BCUT2D eigenvalue weighted by atomic mass is 10.2. The Hall–Kier alpha value is -3.01. The quantitative estimate of drug-likeness (QED) is 0.346. The van der Waals surface area contributed by atoms with Gasteiger partial charge in [-0.05, 0) is 35.9 Å². The maximum absolute atomic E-state index is 12.1. The summed E-state index contributed by atoms with van der Waals surface area (Å²) in [5.41, 5.74) is 4.04. The van der Waals surface area contributed by atoms with E-state index in [1.807, 2.05) is 42.5 Å². The summed E-state index contributed by atoms with van der Waals surface area (Å²) in [7, 11) is -3.76. The highest BCUT2D eigenvalue weighted by Crippen LogP contribution is 2.22. The Morgan fingerprint density at radius 3 is 2.39 bits per heavy atom. The van der Waals surface area contributed by atoms with Crippen molar-refractivity contribution in [1.29, 1.82) is 0 Å². The van der Waals surface area contributed by atoms with Crippen LogP contribution in [0, 0.1) is 0 Å². The van der Waals surface area contributed by atoms with E-state index in [0.717, 1.165) is 10.0 Å². The van der Waals surface area contributed by atoms with Gasteiger partial charge in [0.25, 0.3) is 5.91 Å². The van der Waals surface area contributed by atoms with Gasteiger partial charge < -0.3 is 4.74 Å². The molecule has 0 aliphatic heterocycles. The van der Waals surface area contributed by atoms with Crippen LogP contribution in [0.15, 0.2) is 93.3 Å². The first kappa shape index (κ1) is 22.7. The van der Waals surface area contributed by atoms with Crippen LogP contribution in [0.25, 0.3) is 0 Å². The van der Waals surface area contributed by atoms with E-state index in [0.29, 0.717) is 17.9 Å². The molecule has 0 aliphatic carbocycles. The highest BCUT2D eigenvalue weighted by atomic mass is 79.9. The van der Waals surface area contributed by atoms with Crippen LogP contribution in [-0.4, -0.2) is 27.1 Å². The van der Waals surface area contributed by atoms with Gasteiger partial charge in [-0.25, -0.2) is 18.6 Å². The summed E-state index contributed by atoms with van der Waals surface area (Å²) < 4.78 is 33.0. The minimum Gasteiger partial charge on any atom is -0.489 e. The predicted molar refractivity (Wildman–Crippen MR) is 122 cm³/mol. The van der Waals surface area contributed by atoms with Crippen molar-refractivity contribution in [2.75, 3.05) is 6.54 Å². The molecule has 1 amide bonds. The summed E-state index contributed by atoms with van der Waals surface area (Å²) >= 11 is 3.43. The highest BCUT2D eigenvalue weighted by Gasteiger charge is 2.14. The van der Waals surface area contributed by atoms with Crippen LogP contribution in [0.2, 0.25) is 0 Å². The summed E-state index contributed by atoms with van der Waals surface area (Å²) in [6.07, 6.45) is 1.45. The van der Waals surface area contributed by atoms with Gasteiger partial charge in [-0.3, -0.25) is 4.79 Å². The Morgan fingerprint density at radius 2 is 1.68 bits per heavy atom. The lowest BCUT2D eigenvalue weighted by Crippen LogP contribution is -2.34. The van der Waals surface area contributed by atoms with Gasteiger partial charge in [-0.15, -0.1) is 0 Å². The zero-order valence-corrected chi connectivity index (χ0v) is 18.8. The molecule has 0 unspecified atom stereocenters. The maximum Gasteiger partial charge on any atom is 0.255 e. The average Bonchev–Trinajstić information content (AvgIpc) is 2.79. The molecule has 2 N–H and O–H groups in total. The number of amides is 1. The van der Waals surface area contributed by atoms with E-state index in [1.165, 1.54) is 18.3 Å². The fraction of sp³-hybridized carbons (Fsp3) is 0.0909. The smallest absolute Gasteiger partial charge is 0.255 e. The van der Waals surface area contributed by atoms with E-state index in [9.17, 15) is 13.2 Å². The molecule has 0 radical (unpaired) electrons. The first-order valence-corrected chi connectivity index (χ1v) is 11.5. The zero-order chi connectivity index (χ0) is 22.1. The van der Waals surface area contributed by atoms with Crippen LogP contribution in [0.1, 0.15) is 11.1 Å². The highest BCUT2D eigenvalue weighted by molar-refractivity contribution is 9.10. The van der Waals surface area contributed by atoms with E-state index >= 15 is 0 Å². The lowest BCUT2D eigenvalue weighted by molar-refractivity contribution is -0.119. The molecule has 3 rings (SSSR count). The molecule has 0 spiro atoms. The first-order chi connectivity index (χ1) is 14.9. The van der Waals surface area contributed by atoms with Crippen LogP contribution in [-0.2, 0) is 21.4 Å².